The Morgan fingerprint density at radius 1 is 1.62 bits per heavy atom. The van der Waals surface area contributed by atoms with Gasteiger partial charge < -0.3 is 4.52 Å². The number of nitrogens with zero attached hydrogens (tertiary/aromatic N) is 3. The van der Waals surface area contributed by atoms with Gasteiger partial charge in [-0.05, 0) is 0 Å². The van der Waals surface area contributed by atoms with Gasteiger partial charge in [-0.15, -0.1) is 11.3 Å². The van der Waals surface area contributed by atoms with E-state index in [1.807, 2.05) is 0 Å². The molecule has 0 aliphatic rings. The number of thiazole rings is 1. The fraction of sp³-hybridized carbons (Fsp3) is 0.143. The lowest BCUT2D eigenvalue weighted by Crippen LogP contribution is -1.90. The Hall–Kier alpha value is -1.56. The molecule has 0 saturated carbocycles. The van der Waals surface area contributed by atoms with E-state index in [1.54, 1.807) is 11.7 Å². The van der Waals surface area contributed by atoms with Crippen molar-refractivity contribution in [1.29, 1.82) is 0 Å². The molecule has 13 heavy (non-hydrogen) atoms. The van der Waals surface area contributed by atoms with Gasteiger partial charge in [0.05, 0.1) is 10.4 Å². The molecule has 2 rings (SSSR count). The van der Waals surface area contributed by atoms with Gasteiger partial charge in [-0.3, -0.25) is 9.78 Å². The van der Waals surface area contributed by atoms with Crippen molar-refractivity contribution in [2.24, 2.45) is 0 Å². The van der Waals surface area contributed by atoms with Crippen molar-refractivity contribution in [3.05, 3.63) is 17.6 Å². The summed E-state index contributed by atoms with van der Waals surface area (Å²) in [7, 11) is 0. The monoisotopic (exact) mass is 195 g/mol. The second-order valence-corrected chi connectivity index (χ2v) is 3.23. The molecule has 66 valence electrons. The Kier molecular flexibility index (Phi) is 1.90. The van der Waals surface area contributed by atoms with Crippen LogP contribution in [0.3, 0.4) is 0 Å². The summed E-state index contributed by atoms with van der Waals surface area (Å²) >= 11 is 1.39. The molecule has 0 aliphatic heterocycles. The molecule has 0 radical (unpaired) electrons. The number of hydrogen-bond acceptors (Lipinski definition) is 6. The van der Waals surface area contributed by atoms with Crippen LogP contribution in [0.4, 0.5) is 0 Å². The van der Waals surface area contributed by atoms with Gasteiger partial charge in [0.2, 0.25) is 11.6 Å². The maximum absolute atomic E-state index is 10.8. The van der Waals surface area contributed by atoms with Crippen molar-refractivity contribution < 1.29 is 9.32 Å². The molecule has 0 aromatic carbocycles. The minimum Gasteiger partial charge on any atom is -0.330 e. The quantitative estimate of drug-likeness (QED) is 0.677. The van der Waals surface area contributed by atoms with E-state index in [2.05, 4.69) is 15.1 Å². The van der Waals surface area contributed by atoms with E-state index >= 15 is 0 Å². The summed E-state index contributed by atoms with van der Waals surface area (Å²) < 4.78 is 4.72. The summed E-state index contributed by atoms with van der Waals surface area (Å²) in [6.45, 7) is 1.38. The standard InChI is InChI=1S/C7H5N3O2S/c1-4(11)7-9-6(10-12-7)5-2-8-3-13-5/h2-3H,1H3. The molecule has 5 nitrogen and oxygen atoms in total. The van der Waals surface area contributed by atoms with E-state index in [4.69, 9.17) is 4.52 Å². The topological polar surface area (TPSA) is 68.9 Å². The Labute approximate surface area is 77.4 Å². The van der Waals surface area contributed by atoms with E-state index in [1.165, 1.54) is 18.3 Å². The van der Waals surface area contributed by atoms with Crippen LogP contribution in [0.5, 0.6) is 0 Å². The van der Waals surface area contributed by atoms with Crippen molar-refractivity contribution in [3.63, 3.8) is 0 Å². The molecule has 0 spiro atoms. The van der Waals surface area contributed by atoms with Gasteiger partial charge in [0.1, 0.15) is 0 Å². The average molecular weight is 195 g/mol. The number of Topliss-reactive ketones (excluding diaryl/α,β-unsaturated/α-hetero) is 1. The third-order valence-electron chi connectivity index (χ3n) is 1.38. The van der Waals surface area contributed by atoms with Gasteiger partial charge >= 0.3 is 0 Å². The molecule has 2 aromatic rings. The van der Waals surface area contributed by atoms with Gasteiger partial charge in [-0.2, -0.15) is 4.98 Å². The molecular formula is C7H5N3O2S. The van der Waals surface area contributed by atoms with E-state index in [9.17, 15) is 4.79 Å². The number of rotatable bonds is 2. The molecule has 0 atom stereocenters. The van der Waals surface area contributed by atoms with Gasteiger partial charge in [0.25, 0.3) is 5.89 Å². The third kappa shape index (κ3) is 1.48. The molecular weight excluding hydrogens is 190 g/mol. The minimum atomic E-state index is -0.233. The maximum atomic E-state index is 10.8. The number of carbonyl (C=O) groups excluding carboxylic acids is 1. The molecule has 0 bridgehead atoms. The Bertz CT molecular complexity index is 421. The first kappa shape index (κ1) is 8.06. The summed E-state index contributed by atoms with van der Waals surface area (Å²) in [5.41, 5.74) is 1.67. The van der Waals surface area contributed by atoms with Crippen molar-refractivity contribution >= 4 is 17.1 Å². The average Bonchev–Trinajstić information content (AvgIpc) is 2.75. The Balaban J connectivity index is 2.39. The van der Waals surface area contributed by atoms with E-state index in [-0.39, 0.29) is 11.7 Å². The SMILES string of the molecule is CC(=O)c1nc(-c2cncs2)no1. The molecule has 0 N–H and O–H groups in total. The fourth-order valence-electron chi connectivity index (χ4n) is 0.793. The Morgan fingerprint density at radius 2 is 2.46 bits per heavy atom. The number of hydrogen-bond donors (Lipinski definition) is 0. The van der Waals surface area contributed by atoms with E-state index in [0.29, 0.717) is 5.82 Å². The highest BCUT2D eigenvalue weighted by atomic mass is 32.1. The zero-order chi connectivity index (χ0) is 9.26. The first-order chi connectivity index (χ1) is 6.27. The van der Waals surface area contributed by atoms with Gasteiger partial charge in [-0.1, -0.05) is 5.16 Å². The summed E-state index contributed by atoms with van der Waals surface area (Å²) in [4.78, 5) is 19.4. The van der Waals surface area contributed by atoms with Crippen LogP contribution in [0, 0.1) is 0 Å². The van der Waals surface area contributed by atoms with Crippen LogP contribution in [-0.2, 0) is 0 Å². The van der Waals surface area contributed by atoms with Crippen LogP contribution in [-0.4, -0.2) is 20.9 Å². The molecule has 2 aromatic heterocycles. The Morgan fingerprint density at radius 3 is 3.00 bits per heavy atom. The summed E-state index contributed by atoms with van der Waals surface area (Å²) in [6, 6.07) is 0. The van der Waals surface area contributed by atoms with Gasteiger partial charge in [-0.25, -0.2) is 0 Å². The summed E-state index contributed by atoms with van der Waals surface area (Å²) in [6.07, 6.45) is 1.62. The fourth-order valence-corrected chi connectivity index (χ4v) is 1.34. The van der Waals surface area contributed by atoms with Crippen molar-refractivity contribution in [2.75, 3.05) is 0 Å². The molecule has 0 saturated heterocycles. The highest BCUT2D eigenvalue weighted by molar-refractivity contribution is 7.13. The smallest absolute Gasteiger partial charge is 0.294 e. The predicted octanol–water partition coefficient (Wildman–Crippen LogP) is 1.40. The van der Waals surface area contributed by atoms with Crippen LogP contribution in [0.15, 0.2) is 16.2 Å². The molecule has 2 heterocycles. The van der Waals surface area contributed by atoms with Gasteiger partial charge in [0.15, 0.2) is 0 Å². The number of ketones is 1. The summed E-state index contributed by atoms with van der Waals surface area (Å²) in [5, 5.41) is 3.64. The minimum absolute atomic E-state index is 0.0309. The molecule has 6 heteroatoms. The van der Waals surface area contributed by atoms with Crippen LogP contribution in [0.2, 0.25) is 0 Å². The first-order valence-electron chi connectivity index (χ1n) is 3.51. The molecule has 0 aliphatic carbocycles. The highest BCUT2D eigenvalue weighted by Gasteiger charge is 2.12. The van der Waals surface area contributed by atoms with Crippen LogP contribution >= 0.6 is 11.3 Å². The van der Waals surface area contributed by atoms with Crippen LogP contribution in [0.1, 0.15) is 17.6 Å². The van der Waals surface area contributed by atoms with Crippen LogP contribution < -0.4 is 0 Å². The summed E-state index contributed by atoms with van der Waals surface area (Å²) in [5.74, 6) is 0.208. The lowest BCUT2D eigenvalue weighted by Gasteiger charge is -1.80. The van der Waals surface area contributed by atoms with Crippen molar-refractivity contribution in [2.45, 2.75) is 6.92 Å². The van der Waals surface area contributed by atoms with Gasteiger partial charge in [0, 0.05) is 13.1 Å². The van der Waals surface area contributed by atoms with Crippen molar-refractivity contribution in [1.82, 2.24) is 15.1 Å². The molecule has 0 unspecified atom stereocenters. The van der Waals surface area contributed by atoms with Crippen molar-refractivity contribution in [3.8, 4) is 10.7 Å². The third-order valence-corrected chi connectivity index (χ3v) is 2.15. The number of aromatic nitrogens is 3. The lowest BCUT2D eigenvalue weighted by atomic mass is 10.4. The zero-order valence-electron chi connectivity index (χ0n) is 6.72. The number of carbonyl (C=O) groups is 1. The predicted molar refractivity (Wildman–Crippen MR) is 45.4 cm³/mol. The largest absolute Gasteiger partial charge is 0.330 e. The normalized spacial score (nSPS) is 10.2. The highest BCUT2D eigenvalue weighted by Crippen LogP contribution is 2.19. The maximum Gasteiger partial charge on any atom is 0.294 e. The first-order valence-corrected chi connectivity index (χ1v) is 4.39. The van der Waals surface area contributed by atoms with Crippen LogP contribution in [0.25, 0.3) is 10.7 Å². The van der Waals surface area contributed by atoms with E-state index in [0.717, 1.165) is 4.88 Å². The second-order valence-electron chi connectivity index (χ2n) is 2.35. The molecule has 0 fully saturated rings. The lowest BCUT2D eigenvalue weighted by molar-refractivity contribution is 0.0972. The van der Waals surface area contributed by atoms with E-state index < -0.39 is 0 Å². The zero-order valence-corrected chi connectivity index (χ0v) is 7.54. The molecule has 0 amide bonds. The second kappa shape index (κ2) is 3.06.